The summed E-state index contributed by atoms with van der Waals surface area (Å²) in [5.41, 5.74) is 11.3. The summed E-state index contributed by atoms with van der Waals surface area (Å²) in [4.78, 5) is 36.9. The van der Waals surface area contributed by atoms with Crippen molar-refractivity contribution in [3.8, 4) is 0 Å². The number of hydrogen-bond donors (Lipinski definition) is 1. The van der Waals surface area contributed by atoms with Crippen LogP contribution < -0.4 is 20.7 Å². The van der Waals surface area contributed by atoms with Gasteiger partial charge >= 0.3 is 35.0 Å². The van der Waals surface area contributed by atoms with Crippen LogP contribution in [0.15, 0.2) is 40.4 Å². The Morgan fingerprint density at radius 3 is 2.42 bits per heavy atom. The van der Waals surface area contributed by atoms with Crippen molar-refractivity contribution in [3.05, 3.63) is 95.4 Å². The van der Waals surface area contributed by atoms with Gasteiger partial charge in [-0.2, -0.15) is 11.4 Å². The van der Waals surface area contributed by atoms with Crippen molar-refractivity contribution in [1.29, 1.82) is 0 Å². The first-order valence-electron chi connectivity index (χ1n) is 19.1. The van der Waals surface area contributed by atoms with Gasteiger partial charge in [-0.05, 0) is 89.2 Å². The number of aromatic nitrogens is 2. The number of ether oxygens (including phenoxy) is 2. The fourth-order valence-electron chi connectivity index (χ4n) is 8.67. The zero-order valence-corrected chi connectivity index (χ0v) is 34.4. The van der Waals surface area contributed by atoms with E-state index < -0.39 is 24.0 Å². The van der Waals surface area contributed by atoms with Crippen LogP contribution in [0, 0.1) is 37.5 Å². The molecule has 6 rings (SSSR count). The van der Waals surface area contributed by atoms with Crippen LogP contribution in [0.1, 0.15) is 120 Å². The minimum absolute atomic E-state index is 0. The first kappa shape index (κ1) is 40.7. The van der Waals surface area contributed by atoms with E-state index in [4.69, 9.17) is 30.1 Å². The topological polar surface area (TPSA) is 129 Å². The van der Waals surface area contributed by atoms with Gasteiger partial charge in [0.15, 0.2) is 0 Å². The number of nitrogens with zero attached hydrogens (tertiary/aromatic N) is 4. The van der Waals surface area contributed by atoms with Crippen LogP contribution in [0.2, 0.25) is 0 Å². The smallest absolute Gasteiger partial charge is 0.681 e. The molecule has 0 amide bonds. The molecule has 1 unspecified atom stereocenters. The quantitative estimate of drug-likeness (QED) is 0.157. The van der Waals surface area contributed by atoms with Crippen molar-refractivity contribution < 1.29 is 24.2 Å². The largest absolute Gasteiger partial charge is 2.00 e. The van der Waals surface area contributed by atoms with Crippen molar-refractivity contribution in [3.63, 3.8) is 0 Å². The molecule has 6 atom stereocenters. The molecule has 2 aromatic rings. The van der Waals surface area contributed by atoms with Gasteiger partial charge in [0, 0.05) is 6.42 Å². The first-order valence-corrected chi connectivity index (χ1v) is 19.1. The number of unbranched alkanes of at least 4 members (excludes halogenated alkanes) is 1. The zero-order chi connectivity index (χ0) is 37.4. The van der Waals surface area contributed by atoms with Crippen molar-refractivity contribution in [2.45, 2.75) is 112 Å². The SMILES string of the molecule is CCCC/C(C)=C/COC(=O)CC[C@H]1C2[N-]/C(=C\C3=C(C)[C@H](CC)/C(=C/c4[n-]c(c(CC)c4C)/C=c4\[n-]c5c(c4C)[C@@H](O)[C@@H](C(=O)OC)C=52)[N-]3)[C@@H]1C.[Mg+2]. The fourth-order valence-corrected chi connectivity index (χ4v) is 8.67. The van der Waals surface area contributed by atoms with Crippen molar-refractivity contribution >= 4 is 52.7 Å². The molecule has 2 aromatic heterocycles. The summed E-state index contributed by atoms with van der Waals surface area (Å²) in [6, 6.07) is -0.517. The summed E-state index contributed by atoms with van der Waals surface area (Å²) in [5, 5.41) is 23.7. The van der Waals surface area contributed by atoms with Crippen LogP contribution in [-0.4, -0.2) is 59.9 Å². The predicted molar refractivity (Wildman–Crippen MR) is 210 cm³/mol. The van der Waals surface area contributed by atoms with Gasteiger partial charge in [0.05, 0.1) is 13.2 Å². The Labute approximate surface area is 330 Å². The summed E-state index contributed by atoms with van der Waals surface area (Å²) < 4.78 is 11.0. The Bertz CT molecular complexity index is 1990. The van der Waals surface area contributed by atoms with Gasteiger partial charge in [0.25, 0.3) is 0 Å². The molecule has 1 aliphatic carbocycles. The van der Waals surface area contributed by atoms with Crippen LogP contribution in [0.5, 0.6) is 0 Å². The van der Waals surface area contributed by atoms with Crippen molar-refractivity contribution in [1.82, 2.24) is 9.97 Å². The number of carbonyl (C=O) groups is 2. The Morgan fingerprint density at radius 2 is 1.74 bits per heavy atom. The predicted octanol–water partition coefficient (Wildman–Crippen LogP) is 6.61. The molecule has 4 aliphatic rings. The number of rotatable bonds is 11. The standard InChI is InChI=1S/C43H54N4O5.Mg/c1-10-13-14-22(4)17-18-52-36(48)16-15-29-25(7)32-19-30-23(5)27(11-2)34(44-30)20-31-24(6)28(12-3)35(45-31)21-33-26(8)37-41(47-33)38(40(29)46-32)39(42(37)49)43(50)51-9;/h17,19-21,25,27,29,39-40,42,49H,10-16,18H2,1-9H3;/q-4;+2/b22-17+,32-19-,33-21-,34-20-;/t25-,27+,29-,39+,40?,42-;/m1./s1. The Hall–Kier alpha value is -3.47. The van der Waals surface area contributed by atoms with E-state index >= 15 is 0 Å². The number of esters is 2. The van der Waals surface area contributed by atoms with Gasteiger partial charge in [-0.25, -0.2) is 0 Å². The van der Waals surface area contributed by atoms with E-state index in [1.54, 1.807) is 0 Å². The van der Waals surface area contributed by atoms with E-state index in [1.165, 1.54) is 18.3 Å². The number of aliphatic hydroxyl groups is 1. The zero-order valence-electron chi connectivity index (χ0n) is 33.0. The summed E-state index contributed by atoms with van der Waals surface area (Å²) in [7, 11) is 1.35. The van der Waals surface area contributed by atoms with Gasteiger partial charge in [-0.15, -0.1) is 27.8 Å². The maximum absolute atomic E-state index is 13.5. The summed E-state index contributed by atoms with van der Waals surface area (Å²) in [6.45, 7) is 17.1. The average Bonchev–Trinajstić information content (AvgIpc) is 3.86. The van der Waals surface area contributed by atoms with Gasteiger partial charge in [-0.1, -0.05) is 91.8 Å². The van der Waals surface area contributed by atoms with Crippen LogP contribution in [0.3, 0.4) is 0 Å². The molecule has 1 N–H and O–H groups in total. The summed E-state index contributed by atoms with van der Waals surface area (Å²) in [5.74, 6) is -1.84. The van der Waals surface area contributed by atoms with E-state index in [1.807, 2.05) is 19.1 Å². The second-order valence-corrected chi connectivity index (χ2v) is 15.0. The number of fused-ring (bicyclic) bond motifs is 8. The monoisotopic (exact) mass is 730 g/mol. The molecule has 280 valence electrons. The molecule has 53 heavy (non-hydrogen) atoms. The van der Waals surface area contributed by atoms with Crippen LogP contribution in [0.4, 0.5) is 0 Å². The summed E-state index contributed by atoms with van der Waals surface area (Å²) in [6.07, 6.45) is 12.7. The third kappa shape index (κ3) is 7.61. The minimum Gasteiger partial charge on any atom is -0.681 e. The maximum Gasteiger partial charge on any atom is 2.00 e. The van der Waals surface area contributed by atoms with Gasteiger partial charge in [-0.3, -0.25) is 9.59 Å². The Balaban J connectivity index is 0.00000541. The molecule has 0 spiro atoms. The number of allylic oxidation sites excluding steroid dienone is 4. The number of hydrogen-bond acceptors (Lipinski definition) is 5. The van der Waals surface area contributed by atoms with E-state index in [-0.39, 0.29) is 59.8 Å². The summed E-state index contributed by atoms with van der Waals surface area (Å²) >= 11 is 0. The van der Waals surface area contributed by atoms with Crippen molar-refractivity contribution in [2.75, 3.05) is 13.7 Å². The van der Waals surface area contributed by atoms with Crippen molar-refractivity contribution in [2.24, 2.45) is 23.7 Å². The van der Waals surface area contributed by atoms with Gasteiger partial charge < -0.3 is 35.2 Å². The number of carbonyl (C=O) groups excluding carboxylic acids is 2. The molecule has 1 saturated heterocycles. The normalized spacial score (nSPS) is 27.2. The molecular formula is C43H54MgN4O5-2. The van der Waals surface area contributed by atoms with Gasteiger partial charge in [0.1, 0.15) is 12.5 Å². The molecule has 8 bridgehead atoms. The Kier molecular flexibility index (Phi) is 13.0. The fraction of sp³-hybridized carbons (Fsp3) is 0.535. The average molecular weight is 731 g/mol. The van der Waals surface area contributed by atoms with E-state index in [9.17, 15) is 14.7 Å². The molecular weight excluding hydrogens is 677 g/mol. The second-order valence-electron chi connectivity index (χ2n) is 15.0. The van der Waals surface area contributed by atoms with Gasteiger partial charge in [0.2, 0.25) is 0 Å². The second kappa shape index (κ2) is 16.9. The molecule has 3 aliphatic heterocycles. The molecule has 1 fully saturated rings. The molecule has 5 heterocycles. The molecule has 0 saturated carbocycles. The molecule has 10 heteroatoms. The molecule has 0 radical (unpaired) electrons. The van der Waals surface area contributed by atoms with Crippen LogP contribution in [-0.2, 0) is 25.5 Å². The van der Waals surface area contributed by atoms with Crippen LogP contribution >= 0.6 is 0 Å². The van der Waals surface area contributed by atoms with E-state index in [0.29, 0.717) is 28.3 Å². The Morgan fingerprint density at radius 1 is 0.981 bits per heavy atom. The minimum atomic E-state index is -1.14. The molecule has 9 nitrogen and oxygen atoms in total. The first-order chi connectivity index (χ1) is 24.9. The third-order valence-corrected chi connectivity index (χ3v) is 11.9. The third-order valence-electron chi connectivity index (χ3n) is 11.9. The van der Waals surface area contributed by atoms with E-state index in [2.05, 4.69) is 60.6 Å². The van der Waals surface area contributed by atoms with Crippen LogP contribution in [0.25, 0.3) is 28.4 Å². The molecule has 0 aromatic carbocycles. The number of aliphatic hydroxyl groups excluding tert-OH is 1. The van der Waals surface area contributed by atoms with E-state index in [0.717, 1.165) is 77.3 Å². The maximum atomic E-state index is 13.5. The number of methoxy groups -OCH3 is 1.